The van der Waals surface area contributed by atoms with Crippen molar-refractivity contribution < 1.29 is 22.7 Å². The number of anilines is 1. The van der Waals surface area contributed by atoms with Gasteiger partial charge in [-0.15, -0.1) is 0 Å². The van der Waals surface area contributed by atoms with Gasteiger partial charge in [-0.1, -0.05) is 0 Å². The zero-order valence-corrected chi connectivity index (χ0v) is 16.8. The molecule has 1 saturated heterocycles. The van der Waals surface area contributed by atoms with Crippen molar-refractivity contribution in [1.29, 1.82) is 0 Å². The monoisotopic (exact) mass is 434 g/mol. The lowest BCUT2D eigenvalue weighted by molar-refractivity contribution is -0.154. The van der Waals surface area contributed by atoms with Gasteiger partial charge in [0, 0.05) is 37.2 Å². The lowest BCUT2D eigenvalue weighted by Crippen LogP contribution is -2.32. The summed E-state index contributed by atoms with van der Waals surface area (Å²) < 4.78 is 43.4. The molecule has 0 unspecified atom stereocenters. The summed E-state index contributed by atoms with van der Waals surface area (Å²) in [4.78, 5) is 22.4. The maximum atomic E-state index is 12.4. The Bertz CT molecular complexity index is 1090. The Morgan fingerprint density at radius 1 is 1.26 bits per heavy atom. The zero-order chi connectivity index (χ0) is 22.0. The number of nitrogens with one attached hydrogen (secondary N) is 1. The van der Waals surface area contributed by atoms with Gasteiger partial charge < -0.3 is 9.64 Å². The number of nitrogens with zero attached hydrogens (tertiary/aromatic N) is 5. The van der Waals surface area contributed by atoms with Crippen molar-refractivity contribution in [1.82, 2.24) is 24.6 Å². The number of amides is 2. The quantitative estimate of drug-likeness (QED) is 0.661. The van der Waals surface area contributed by atoms with Gasteiger partial charge in [-0.05, 0) is 37.5 Å². The summed E-state index contributed by atoms with van der Waals surface area (Å²) >= 11 is 0. The highest BCUT2D eigenvalue weighted by molar-refractivity contribution is 5.98. The van der Waals surface area contributed by atoms with E-state index in [1.54, 1.807) is 41.0 Å². The Hall–Kier alpha value is -3.37. The summed E-state index contributed by atoms with van der Waals surface area (Å²) in [5.41, 5.74) is 1.92. The second kappa shape index (κ2) is 8.40. The topological polar surface area (TPSA) is 85.2 Å². The minimum Gasteiger partial charge on any atom is -0.468 e. The first kappa shape index (κ1) is 20.9. The van der Waals surface area contributed by atoms with Crippen molar-refractivity contribution in [3.63, 3.8) is 0 Å². The molecule has 1 fully saturated rings. The van der Waals surface area contributed by atoms with Crippen molar-refractivity contribution in [2.24, 2.45) is 0 Å². The van der Waals surface area contributed by atoms with E-state index in [-0.39, 0.29) is 11.9 Å². The smallest absolute Gasteiger partial charge is 0.422 e. The van der Waals surface area contributed by atoms with Gasteiger partial charge >= 0.3 is 12.2 Å². The van der Waals surface area contributed by atoms with Crippen molar-refractivity contribution in [2.45, 2.75) is 32.5 Å². The predicted molar refractivity (Wildman–Crippen MR) is 107 cm³/mol. The molecule has 0 aliphatic carbocycles. The van der Waals surface area contributed by atoms with Gasteiger partial charge in [-0.3, -0.25) is 10.00 Å². The average molecular weight is 434 g/mol. The van der Waals surface area contributed by atoms with Gasteiger partial charge in [0.15, 0.2) is 6.61 Å². The van der Waals surface area contributed by atoms with Crippen molar-refractivity contribution >= 4 is 22.8 Å². The number of hydrogen-bond acceptors (Lipinski definition) is 5. The molecule has 2 amide bonds. The number of hydrogen-bond donors (Lipinski definition) is 1. The fraction of sp³-hybridized carbons (Fsp3) is 0.400. The molecule has 164 valence electrons. The Morgan fingerprint density at radius 3 is 2.74 bits per heavy atom. The third-order valence-electron chi connectivity index (χ3n) is 4.90. The summed E-state index contributed by atoms with van der Waals surface area (Å²) in [5, 5.41) is 8.05. The number of carbonyl (C=O) groups is 1. The first-order valence-electron chi connectivity index (χ1n) is 9.82. The SMILES string of the molecule is Cc1cc(Cn2cc3c(NC(=O)N4CCCC4)nccc3n2)cnc1OCC(F)(F)F. The standard InChI is InChI=1S/C20H21F3N6O2/c1-13-8-14(9-25-18(13)31-12-20(21,22)23)10-29-11-15-16(27-29)4-5-24-17(15)26-19(30)28-6-2-3-7-28/h4-5,8-9,11H,2-3,6-7,10,12H2,1H3,(H,24,26,30). The molecular weight excluding hydrogens is 413 g/mol. The molecule has 8 nitrogen and oxygen atoms in total. The molecule has 0 radical (unpaired) electrons. The lowest BCUT2D eigenvalue weighted by atomic mass is 10.2. The maximum absolute atomic E-state index is 12.4. The number of fused-ring (bicyclic) bond motifs is 1. The number of ether oxygens (including phenoxy) is 1. The molecule has 0 bridgehead atoms. The van der Waals surface area contributed by atoms with E-state index in [1.807, 2.05) is 0 Å². The van der Waals surface area contributed by atoms with E-state index >= 15 is 0 Å². The molecule has 1 aliphatic heterocycles. The molecule has 1 N–H and O–H groups in total. The molecule has 3 aromatic heterocycles. The van der Waals surface area contributed by atoms with Crippen LogP contribution in [0, 0.1) is 6.92 Å². The summed E-state index contributed by atoms with van der Waals surface area (Å²) in [6.45, 7) is 2.06. The van der Waals surface area contributed by atoms with Crippen LogP contribution in [0.4, 0.5) is 23.8 Å². The van der Waals surface area contributed by atoms with Crippen LogP contribution in [0.25, 0.3) is 10.9 Å². The number of aryl methyl sites for hydroxylation is 1. The number of alkyl halides is 3. The third-order valence-corrected chi connectivity index (χ3v) is 4.90. The molecule has 0 spiro atoms. The maximum Gasteiger partial charge on any atom is 0.422 e. The molecule has 4 rings (SSSR count). The van der Waals surface area contributed by atoms with Crippen molar-refractivity contribution in [3.05, 3.63) is 41.9 Å². The molecule has 0 atom stereocenters. The number of carbonyl (C=O) groups excluding carboxylic acids is 1. The minimum absolute atomic E-state index is 0.0530. The van der Waals surface area contributed by atoms with E-state index in [1.165, 1.54) is 6.20 Å². The van der Waals surface area contributed by atoms with E-state index in [2.05, 4.69) is 20.4 Å². The second-order valence-corrected chi connectivity index (χ2v) is 7.41. The molecule has 11 heteroatoms. The normalized spacial score (nSPS) is 14.3. The first-order valence-corrected chi connectivity index (χ1v) is 9.82. The lowest BCUT2D eigenvalue weighted by Gasteiger charge is -2.15. The van der Waals surface area contributed by atoms with Gasteiger partial charge in [0.2, 0.25) is 5.88 Å². The Labute approximate surface area is 176 Å². The van der Waals surface area contributed by atoms with Gasteiger partial charge in [0.1, 0.15) is 5.82 Å². The van der Waals surface area contributed by atoms with Gasteiger partial charge in [-0.2, -0.15) is 18.3 Å². The average Bonchev–Trinajstić information content (AvgIpc) is 3.37. The van der Waals surface area contributed by atoms with Gasteiger partial charge in [0.05, 0.1) is 17.4 Å². The molecule has 0 aromatic carbocycles. The largest absolute Gasteiger partial charge is 0.468 e. The van der Waals surface area contributed by atoms with Crippen LogP contribution in [0.3, 0.4) is 0 Å². The zero-order valence-electron chi connectivity index (χ0n) is 16.8. The Morgan fingerprint density at radius 2 is 2.03 bits per heavy atom. The van der Waals surface area contributed by atoms with Crippen molar-refractivity contribution in [2.75, 3.05) is 25.0 Å². The van der Waals surface area contributed by atoms with Crippen LogP contribution in [0.1, 0.15) is 24.0 Å². The number of rotatable bonds is 5. The second-order valence-electron chi connectivity index (χ2n) is 7.41. The van der Waals surface area contributed by atoms with Crippen molar-refractivity contribution in [3.8, 4) is 5.88 Å². The first-order chi connectivity index (χ1) is 14.8. The third kappa shape index (κ3) is 5.04. The van der Waals surface area contributed by atoms with E-state index in [9.17, 15) is 18.0 Å². The highest BCUT2D eigenvalue weighted by Gasteiger charge is 2.29. The number of halogens is 3. The van der Waals surface area contributed by atoms with Crippen LogP contribution < -0.4 is 10.1 Å². The van der Waals surface area contributed by atoms with Crippen LogP contribution in [0.2, 0.25) is 0 Å². The molecular formula is C20H21F3N6O2. The van der Waals surface area contributed by atoms with Gasteiger partial charge in [-0.25, -0.2) is 14.8 Å². The number of aromatic nitrogens is 4. The highest BCUT2D eigenvalue weighted by Crippen LogP contribution is 2.23. The van der Waals surface area contributed by atoms with E-state index in [0.717, 1.165) is 31.5 Å². The van der Waals surface area contributed by atoms with Crippen LogP contribution >= 0.6 is 0 Å². The number of urea groups is 1. The Balaban J connectivity index is 1.49. The van der Waals surface area contributed by atoms with Crippen LogP contribution in [0.15, 0.2) is 30.7 Å². The van der Waals surface area contributed by atoms with E-state index < -0.39 is 12.8 Å². The summed E-state index contributed by atoms with van der Waals surface area (Å²) in [6.07, 6.45) is 2.38. The number of likely N-dealkylation sites (tertiary alicyclic amines) is 1. The predicted octanol–water partition coefficient (Wildman–Crippen LogP) is 3.75. The van der Waals surface area contributed by atoms with Crippen LogP contribution in [0.5, 0.6) is 5.88 Å². The van der Waals surface area contributed by atoms with E-state index in [0.29, 0.717) is 28.8 Å². The molecule has 4 heterocycles. The fourth-order valence-corrected chi connectivity index (χ4v) is 3.47. The highest BCUT2D eigenvalue weighted by atomic mass is 19.4. The number of pyridine rings is 2. The van der Waals surface area contributed by atoms with Crippen LogP contribution in [-0.4, -0.2) is 56.6 Å². The summed E-state index contributed by atoms with van der Waals surface area (Å²) in [5.74, 6) is 0.383. The molecule has 31 heavy (non-hydrogen) atoms. The molecule has 0 saturated carbocycles. The fourth-order valence-electron chi connectivity index (χ4n) is 3.47. The van der Waals surface area contributed by atoms with E-state index in [4.69, 9.17) is 4.74 Å². The molecule has 1 aliphatic rings. The van der Waals surface area contributed by atoms with Crippen LogP contribution in [-0.2, 0) is 6.54 Å². The summed E-state index contributed by atoms with van der Waals surface area (Å²) in [6, 6.07) is 3.27. The molecule has 3 aromatic rings. The van der Waals surface area contributed by atoms with Gasteiger partial charge in [0.25, 0.3) is 0 Å². The minimum atomic E-state index is -4.42. The Kier molecular flexibility index (Phi) is 5.66. The summed E-state index contributed by atoms with van der Waals surface area (Å²) in [7, 11) is 0.